The van der Waals surface area contributed by atoms with Gasteiger partial charge in [0.25, 0.3) is 0 Å². The zero-order valence-electron chi connectivity index (χ0n) is 17.9. The van der Waals surface area contributed by atoms with Crippen LogP contribution in [0.25, 0.3) is 0 Å². The molecule has 0 atom stereocenters. The SMILES string of the molecule is C=C(OC)/C(F)=C1/Oc2c(cc(CCc3ccc(CCC)c(F)c3F)c(F)c2F)CC1=C. The molecule has 7 heteroatoms. The summed E-state index contributed by atoms with van der Waals surface area (Å²) in [7, 11) is 1.21. The van der Waals surface area contributed by atoms with Crippen molar-refractivity contribution in [3.05, 3.63) is 99.8 Å². The van der Waals surface area contributed by atoms with Crippen molar-refractivity contribution in [3.63, 3.8) is 0 Å². The lowest BCUT2D eigenvalue weighted by Crippen LogP contribution is -2.15. The minimum Gasteiger partial charge on any atom is -0.494 e. The molecule has 0 saturated carbocycles. The first kappa shape index (κ1) is 23.6. The number of aryl methyl sites for hydroxylation is 3. The number of benzene rings is 2. The van der Waals surface area contributed by atoms with Crippen LogP contribution in [-0.4, -0.2) is 7.11 Å². The van der Waals surface area contributed by atoms with E-state index in [1.165, 1.54) is 25.3 Å². The number of fused-ring (bicyclic) bond motifs is 1. The molecule has 1 aliphatic heterocycles. The molecule has 0 saturated heterocycles. The molecule has 0 aromatic heterocycles. The highest BCUT2D eigenvalue weighted by atomic mass is 19.2. The highest BCUT2D eigenvalue weighted by Gasteiger charge is 2.29. The first-order valence-electron chi connectivity index (χ1n) is 10.1. The average Bonchev–Trinajstić information content (AvgIpc) is 2.78. The van der Waals surface area contributed by atoms with Gasteiger partial charge in [0.05, 0.1) is 7.11 Å². The summed E-state index contributed by atoms with van der Waals surface area (Å²) >= 11 is 0. The first-order valence-corrected chi connectivity index (χ1v) is 10.1. The molecule has 0 aliphatic carbocycles. The fourth-order valence-electron chi connectivity index (χ4n) is 3.60. The van der Waals surface area contributed by atoms with Crippen LogP contribution in [0, 0.1) is 23.3 Å². The standard InChI is InChI=1S/C25H23F5O2/c1-5-6-15-7-8-16(21(28)20(15)27)9-10-17-12-18-11-13(2)24(19(26)14(3)31-4)32-25(18)23(30)22(17)29/h7-8,12H,2-3,5-6,9-11H2,1,4H3/b24-19-. The molecule has 32 heavy (non-hydrogen) atoms. The zero-order valence-corrected chi connectivity index (χ0v) is 17.9. The quantitative estimate of drug-likeness (QED) is 0.341. The molecule has 2 nitrogen and oxygen atoms in total. The Balaban J connectivity index is 1.89. The van der Waals surface area contributed by atoms with E-state index in [4.69, 9.17) is 9.47 Å². The third-order valence-corrected chi connectivity index (χ3v) is 5.36. The van der Waals surface area contributed by atoms with Gasteiger partial charge in [0.1, 0.15) is 0 Å². The van der Waals surface area contributed by atoms with E-state index in [2.05, 4.69) is 13.2 Å². The third-order valence-electron chi connectivity index (χ3n) is 5.36. The predicted octanol–water partition coefficient (Wildman–Crippen LogP) is 6.81. The molecule has 1 aliphatic rings. The van der Waals surface area contributed by atoms with Crippen LogP contribution in [0.5, 0.6) is 5.75 Å². The Morgan fingerprint density at radius 2 is 1.53 bits per heavy atom. The van der Waals surface area contributed by atoms with Crippen LogP contribution in [0.1, 0.15) is 35.6 Å². The summed E-state index contributed by atoms with van der Waals surface area (Å²) in [6, 6.07) is 4.34. The van der Waals surface area contributed by atoms with Crippen molar-refractivity contribution in [2.45, 2.75) is 39.0 Å². The Morgan fingerprint density at radius 3 is 2.12 bits per heavy atom. The van der Waals surface area contributed by atoms with E-state index in [0.717, 1.165) is 0 Å². The van der Waals surface area contributed by atoms with Gasteiger partial charge in [-0.05, 0) is 47.6 Å². The molecule has 0 N–H and O–H groups in total. The van der Waals surface area contributed by atoms with Gasteiger partial charge in [-0.3, -0.25) is 0 Å². The summed E-state index contributed by atoms with van der Waals surface area (Å²) in [5, 5.41) is 0. The zero-order chi connectivity index (χ0) is 23.6. The van der Waals surface area contributed by atoms with Crippen molar-refractivity contribution in [2.24, 2.45) is 0 Å². The van der Waals surface area contributed by atoms with Crippen molar-refractivity contribution in [3.8, 4) is 5.75 Å². The Morgan fingerprint density at radius 1 is 0.969 bits per heavy atom. The smallest absolute Gasteiger partial charge is 0.207 e. The Kier molecular flexibility index (Phi) is 7.06. The number of methoxy groups -OCH3 is 1. The van der Waals surface area contributed by atoms with E-state index in [9.17, 15) is 22.0 Å². The summed E-state index contributed by atoms with van der Waals surface area (Å²) < 4.78 is 82.3. The molecule has 0 radical (unpaired) electrons. The predicted molar refractivity (Wildman–Crippen MR) is 112 cm³/mol. The van der Waals surface area contributed by atoms with E-state index in [0.29, 0.717) is 12.8 Å². The molecular weight excluding hydrogens is 427 g/mol. The molecule has 0 spiro atoms. The van der Waals surface area contributed by atoms with Crippen molar-refractivity contribution in [1.82, 2.24) is 0 Å². The molecule has 0 bridgehead atoms. The number of allylic oxidation sites excluding steroid dienone is 2. The third kappa shape index (κ3) is 4.42. The lowest BCUT2D eigenvalue weighted by atomic mass is 9.94. The van der Waals surface area contributed by atoms with Crippen LogP contribution < -0.4 is 4.74 Å². The van der Waals surface area contributed by atoms with E-state index in [1.54, 1.807) is 0 Å². The Bertz CT molecular complexity index is 1120. The van der Waals surface area contributed by atoms with Crippen LogP contribution in [0.3, 0.4) is 0 Å². The van der Waals surface area contributed by atoms with Gasteiger partial charge in [-0.25, -0.2) is 13.2 Å². The first-order chi connectivity index (χ1) is 15.2. The number of ether oxygens (including phenoxy) is 2. The van der Waals surface area contributed by atoms with Gasteiger partial charge in [0.15, 0.2) is 34.7 Å². The van der Waals surface area contributed by atoms with Gasteiger partial charge in [-0.15, -0.1) is 0 Å². The summed E-state index contributed by atoms with van der Waals surface area (Å²) in [5.41, 5.74) is 0.802. The molecule has 2 aromatic carbocycles. The molecule has 170 valence electrons. The number of rotatable bonds is 7. The van der Waals surface area contributed by atoms with Crippen LogP contribution in [-0.2, 0) is 30.4 Å². The van der Waals surface area contributed by atoms with Crippen LogP contribution in [0.15, 0.2) is 54.3 Å². The molecule has 0 fully saturated rings. The van der Waals surface area contributed by atoms with Crippen molar-refractivity contribution in [2.75, 3.05) is 7.11 Å². The Labute approximate surface area is 183 Å². The van der Waals surface area contributed by atoms with Crippen molar-refractivity contribution >= 4 is 0 Å². The van der Waals surface area contributed by atoms with Gasteiger partial charge < -0.3 is 9.47 Å². The molecule has 2 aromatic rings. The van der Waals surface area contributed by atoms with Crippen LogP contribution in [0.4, 0.5) is 22.0 Å². The fourth-order valence-corrected chi connectivity index (χ4v) is 3.60. The van der Waals surface area contributed by atoms with Crippen LogP contribution in [0.2, 0.25) is 0 Å². The lowest BCUT2D eigenvalue weighted by molar-refractivity contribution is 0.272. The number of halogens is 5. The van der Waals surface area contributed by atoms with Crippen molar-refractivity contribution in [1.29, 1.82) is 0 Å². The normalized spacial score (nSPS) is 14.7. The highest BCUT2D eigenvalue weighted by Crippen LogP contribution is 2.39. The summed E-state index contributed by atoms with van der Waals surface area (Å²) in [6.45, 7) is 8.96. The Hall–Kier alpha value is -3.09. The maximum Gasteiger partial charge on any atom is 0.207 e. The number of hydrogen-bond acceptors (Lipinski definition) is 2. The molecule has 1 heterocycles. The summed E-state index contributed by atoms with van der Waals surface area (Å²) in [5.74, 6) is -6.49. The van der Waals surface area contributed by atoms with Gasteiger partial charge in [-0.2, -0.15) is 8.78 Å². The van der Waals surface area contributed by atoms with E-state index >= 15 is 0 Å². The summed E-state index contributed by atoms with van der Waals surface area (Å²) in [6.07, 6.45) is 0.993. The fraction of sp³-hybridized carbons (Fsp3) is 0.280. The molecule has 0 unspecified atom stereocenters. The maximum absolute atomic E-state index is 14.7. The second-order valence-corrected chi connectivity index (χ2v) is 7.57. The van der Waals surface area contributed by atoms with Gasteiger partial charge >= 0.3 is 0 Å². The highest BCUT2D eigenvalue weighted by molar-refractivity contribution is 5.51. The number of hydrogen-bond donors (Lipinski definition) is 0. The minimum atomic E-state index is -1.29. The average molecular weight is 450 g/mol. The van der Waals surface area contributed by atoms with Gasteiger partial charge in [0, 0.05) is 12.0 Å². The van der Waals surface area contributed by atoms with E-state index in [1.807, 2.05) is 6.92 Å². The topological polar surface area (TPSA) is 18.5 Å². The monoisotopic (exact) mass is 450 g/mol. The van der Waals surface area contributed by atoms with E-state index < -0.39 is 34.8 Å². The maximum atomic E-state index is 14.7. The molecule has 3 rings (SSSR count). The second kappa shape index (κ2) is 9.59. The van der Waals surface area contributed by atoms with Crippen molar-refractivity contribution < 1.29 is 31.4 Å². The van der Waals surface area contributed by atoms with Gasteiger partial charge in [-0.1, -0.05) is 38.6 Å². The summed E-state index contributed by atoms with van der Waals surface area (Å²) in [4.78, 5) is 0. The largest absolute Gasteiger partial charge is 0.494 e. The van der Waals surface area contributed by atoms with E-state index in [-0.39, 0.29) is 58.6 Å². The minimum absolute atomic E-state index is 0.00792. The molecule has 0 amide bonds. The van der Waals surface area contributed by atoms with Gasteiger partial charge in [0.2, 0.25) is 11.6 Å². The molecular formula is C25H23F5O2. The second-order valence-electron chi connectivity index (χ2n) is 7.57. The lowest BCUT2D eigenvalue weighted by Gasteiger charge is -2.24. The van der Waals surface area contributed by atoms with Crippen LogP contribution >= 0.6 is 0 Å².